The first-order valence-electron chi connectivity index (χ1n) is 11.4. The van der Waals surface area contributed by atoms with Gasteiger partial charge in [0.1, 0.15) is 16.5 Å². The summed E-state index contributed by atoms with van der Waals surface area (Å²) in [5, 5.41) is 1.26. The number of likely N-dealkylation sites (N-methyl/N-ethyl adjacent to an activating group) is 1. The van der Waals surface area contributed by atoms with Crippen molar-refractivity contribution < 1.29 is 4.79 Å². The van der Waals surface area contributed by atoms with E-state index in [1.807, 2.05) is 40.5 Å². The van der Waals surface area contributed by atoms with Gasteiger partial charge < -0.3 is 9.80 Å². The topological polar surface area (TPSA) is 52.6 Å². The Morgan fingerprint density at radius 3 is 2.50 bits per heavy atom. The van der Waals surface area contributed by atoms with Gasteiger partial charge >= 0.3 is 0 Å². The van der Waals surface area contributed by atoms with Crippen molar-refractivity contribution in [1.82, 2.24) is 19.8 Å². The molecule has 1 fully saturated rings. The average Bonchev–Trinajstić information content (AvgIpc) is 3.21. The van der Waals surface area contributed by atoms with E-state index < -0.39 is 0 Å². The maximum absolute atomic E-state index is 12.9. The van der Waals surface area contributed by atoms with Crippen molar-refractivity contribution >= 4 is 49.2 Å². The van der Waals surface area contributed by atoms with Gasteiger partial charge in [-0.05, 0) is 42.8 Å². The van der Waals surface area contributed by atoms with Crippen LogP contribution in [-0.4, -0.2) is 64.9 Å². The quantitative estimate of drug-likeness (QED) is 0.518. The Bertz CT molecular complexity index is 1140. The molecule has 0 N–H and O–H groups in total. The highest BCUT2D eigenvalue weighted by molar-refractivity contribution is 9.10. The van der Waals surface area contributed by atoms with Gasteiger partial charge in [0.15, 0.2) is 0 Å². The monoisotopic (exact) mass is 513 g/mol. The molecule has 2 aromatic heterocycles. The van der Waals surface area contributed by atoms with Crippen LogP contribution in [0.5, 0.6) is 0 Å². The third-order valence-electron chi connectivity index (χ3n) is 6.53. The fraction of sp³-hybridized carbons (Fsp3) is 0.458. The molecule has 1 amide bonds. The van der Waals surface area contributed by atoms with Crippen LogP contribution < -0.4 is 4.90 Å². The van der Waals surface area contributed by atoms with Crippen molar-refractivity contribution in [2.75, 3.05) is 44.2 Å². The average molecular weight is 514 g/mol. The van der Waals surface area contributed by atoms with E-state index in [4.69, 9.17) is 9.97 Å². The zero-order valence-electron chi connectivity index (χ0n) is 18.6. The van der Waals surface area contributed by atoms with Crippen LogP contribution in [-0.2, 0) is 19.4 Å². The summed E-state index contributed by atoms with van der Waals surface area (Å²) < 4.78 is 0.986. The molecule has 0 bridgehead atoms. The lowest BCUT2D eigenvalue weighted by Gasteiger charge is -2.36. The molecule has 168 valence electrons. The Labute approximate surface area is 201 Å². The number of aryl methyl sites for hydroxylation is 1. The number of aromatic nitrogens is 2. The summed E-state index contributed by atoms with van der Waals surface area (Å²) in [6, 6.07) is 7.62. The lowest BCUT2D eigenvalue weighted by molar-refractivity contribution is 0.0746. The van der Waals surface area contributed by atoms with Crippen molar-refractivity contribution in [2.24, 2.45) is 0 Å². The molecule has 0 spiro atoms. The van der Waals surface area contributed by atoms with Gasteiger partial charge in [-0.1, -0.05) is 29.8 Å². The molecular formula is C24H28BrN5OS. The van der Waals surface area contributed by atoms with E-state index in [1.54, 1.807) is 0 Å². The van der Waals surface area contributed by atoms with Crippen LogP contribution in [0.25, 0.3) is 10.2 Å². The van der Waals surface area contributed by atoms with E-state index >= 15 is 0 Å². The lowest BCUT2D eigenvalue weighted by atomic mass is 10.0. The smallest absolute Gasteiger partial charge is 0.253 e. The summed E-state index contributed by atoms with van der Waals surface area (Å²) in [6.45, 7) is 10.5. The number of rotatable bonds is 4. The molecule has 0 aliphatic carbocycles. The molecule has 8 heteroatoms. The summed E-state index contributed by atoms with van der Waals surface area (Å²) in [5.74, 6) is 2.09. The minimum atomic E-state index is 0.104. The summed E-state index contributed by atoms with van der Waals surface area (Å²) in [4.78, 5) is 32.2. The Hall–Kier alpha value is -2.03. The maximum Gasteiger partial charge on any atom is 0.253 e. The Morgan fingerprint density at radius 1 is 1.06 bits per heavy atom. The van der Waals surface area contributed by atoms with Gasteiger partial charge in [-0.2, -0.15) is 0 Å². The SMILES string of the molecule is CCc1nc(N2CCN(C(=O)c3ccc(Br)cc3)CC2)c2c3c(sc2n1)CN(CC)CC3. The Balaban J connectivity index is 1.41. The number of thiophene rings is 1. The molecule has 2 aliphatic heterocycles. The number of nitrogens with zero attached hydrogens (tertiary/aromatic N) is 5. The first kappa shape index (κ1) is 21.8. The first-order chi connectivity index (χ1) is 15.6. The standard InChI is InChI=1S/C24H28BrN5OS/c1-3-20-26-22(21-18-9-10-28(4-2)15-19(18)32-23(21)27-20)29-11-13-30(14-12-29)24(31)16-5-7-17(25)8-6-16/h5-8H,3-4,9-15H2,1-2H3. The second kappa shape index (κ2) is 9.08. The van der Waals surface area contributed by atoms with Crippen molar-refractivity contribution in [1.29, 1.82) is 0 Å². The van der Waals surface area contributed by atoms with Crippen LogP contribution in [0.3, 0.4) is 0 Å². The second-order valence-electron chi connectivity index (χ2n) is 8.41. The number of amides is 1. The van der Waals surface area contributed by atoms with Crippen molar-refractivity contribution in [2.45, 2.75) is 33.2 Å². The predicted molar refractivity (Wildman–Crippen MR) is 134 cm³/mol. The molecule has 1 saturated heterocycles. The van der Waals surface area contributed by atoms with Crippen LogP contribution in [0.15, 0.2) is 28.7 Å². The van der Waals surface area contributed by atoms with Crippen LogP contribution in [0.2, 0.25) is 0 Å². The third-order valence-corrected chi connectivity index (χ3v) is 8.17. The van der Waals surface area contributed by atoms with Crippen molar-refractivity contribution in [3.8, 4) is 0 Å². The summed E-state index contributed by atoms with van der Waals surface area (Å²) in [7, 11) is 0. The normalized spacial score (nSPS) is 17.1. The van der Waals surface area contributed by atoms with Crippen LogP contribution in [0.1, 0.15) is 40.5 Å². The number of hydrogen-bond donors (Lipinski definition) is 0. The molecule has 5 rings (SSSR count). The number of benzene rings is 1. The highest BCUT2D eigenvalue weighted by atomic mass is 79.9. The number of carbonyl (C=O) groups is 1. The summed E-state index contributed by atoms with van der Waals surface area (Å²) in [6.07, 6.45) is 1.89. The van der Waals surface area contributed by atoms with Gasteiger partial charge in [-0.15, -0.1) is 11.3 Å². The zero-order valence-corrected chi connectivity index (χ0v) is 21.0. The Morgan fingerprint density at radius 2 is 1.81 bits per heavy atom. The van der Waals surface area contributed by atoms with E-state index in [1.165, 1.54) is 15.8 Å². The molecular weight excluding hydrogens is 486 g/mol. The highest BCUT2D eigenvalue weighted by Crippen LogP contribution is 2.39. The number of anilines is 1. The van der Waals surface area contributed by atoms with Gasteiger partial charge in [0.25, 0.3) is 5.91 Å². The largest absolute Gasteiger partial charge is 0.352 e. The van der Waals surface area contributed by atoms with Crippen molar-refractivity contribution in [3.05, 3.63) is 50.6 Å². The predicted octanol–water partition coefficient (Wildman–Crippen LogP) is 4.36. The molecule has 0 atom stereocenters. The van der Waals surface area contributed by atoms with E-state index in [0.717, 1.165) is 72.1 Å². The van der Waals surface area contributed by atoms with Gasteiger partial charge in [-0.3, -0.25) is 9.69 Å². The van der Waals surface area contributed by atoms with Crippen molar-refractivity contribution in [3.63, 3.8) is 0 Å². The number of piperazine rings is 1. The molecule has 3 aromatic rings. The molecule has 2 aliphatic rings. The van der Waals surface area contributed by atoms with Crippen LogP contribution in [0, 0.1) is 0 Å². The number of carbonyl (C=O) groups excluding carboxylic acids is 1. The van der Waals surface area contributed by atoms with Crippen LogP contribution >= 0.6 is 27.3 Å². The first-order valence-corrected chi connectivity index (χ1v) is 13.0. The zero-order chi connectivity index (χ0) is 22.2. The van der Waals surface area contributed by atoms with Crippen LogP contribution in [0.4, 0.5) is 5.82 Å². The van der Waals surface area contributed by atoms with E-state index in [-0.39, 0.29) is 5.91 Å². The molecule has 0 unspecified atom stereocenters. The minimum absolute atomic E-state index is 0.104. The third kappa shape index (κ3) is 4.04. The van der Waals surface area contributed by atoms with Gasteiger partial charge in [0, 0.05) is 60.6 Å². The number of fused-ring (bicyclic) bond motifs is 3. The molecule has 6 nitrogen and oxygen atoms in total. The molecule has 0 saturated carbocycles. The van der Waals surface area contributed by atoms with Gasteiger partial charge in [0.05, 0.1) is 5.39 Å². The van der Waals surface area contributed by atoms with Gasteiger partial charge in [0.2, 0.25) is 0 Å². The summed E-state index contributed by atoms with van der Waals surface area (Å²) >= 11 is 5.28. The lowest BCUT2D eigenvalue weighted by Crippen LogP contribution is -2.49. The molecule has 32 heavy (non-hydrogen) atoms. The van der Waals surface area contributed by atoms with Gasteiger partial charge in [-0.25, -0.2) is 9.97 Å². The fourth-order valence-electron chi connectivity index (χ4n) is 4.62. The highest BCUT2D eigenvalue weighted by Gasteiger charge is 2.28. The Kier molecular flexibility index (Phi) is 6.18. The maximum atomic E-state index is 12.9. The summed E-state index contributed by atoms with van der Waals surface area (Å²) in [5.41, 5.74) is 2.19. The van der Waals surface area contributed by atoms with E-state index in [0.29, 0.717) is 13.1 Å². The molecule has 0 radical (unpaired) electrons. The second-order valence-corrected chi connectivity index (χ2v) is 10.4. The minimum Gasteiger partial charge on any atom is -0.352 e. The fourth-order valence-corrected chi connectivity index (χ4v) is 6.16. The number of halogens is 1. The molecule has 4 heterocycles. The van der Waals surface area contributed by atoms with E-state index in [2.05, 4.69) is 39.6 Å². The number of hydrogen-bond acceptors (Lipinski definition) is 6. The van der Waals surface area contributed by atoms with E-state index in [9.17, 15) is 4.79 Å². The molecule has 1 aromatic carbocycles.